The highest BCUT2D eigenvalue weighted by Crippen LogP contribution is 2.34. The lowest BCUT2D eigenvalue weighted by Crippen LogP contribution is -2.24. The lowest BCUT2D eigenvalue weighted by Gasteiger charge is -2.23. The summed E-state index contributed by atoms with van der Waals surface area (Å²) in [5.41, 5.74) is 4.56. The summed E-state index contributed by atoms with van der Waals surface area (Å²) in [4.78, 5) is 30.5. The Labute approximate surface area is 167 Å². The number of amides is 1. The largest absolute Gasteiger partial charge is 0.454 e. The number of ether oxygens (including phenoxy) is 1. The monoisotopic (exact) mass is 398 g/mol. The van der Waals surface area contributed by atoms with E-state index in [1.54, 1.807) is 29.3 Å². The third-order valence-corrected chi connectivity index (χ3v) is 5.07. The van der Waals surface area contributed by atoms with Crippen LogP contribution in [0.25, 0.3) is 0 Å². The summed E-state index contributed by atoms with van der Waals surface area (Å²) < 4.78 is 10.5. The fourth-order valence-electron chi connectivity index (χ4n) is 3.13. The summed E-state index contributed by atoms with van der Waals surface area (Å²) in [6.07, 6.45) is 0. The SMILES string of the molecule is CC(=O)N(c1nc(COC(=O)c2ccc(C)o2)cs1)c1c(C)cc(C)cc1C. The predicted octanol–water partition coefficient (Wildman–Crippen LogP) is 5.01. The van der Waals surface area contributed by atoms with Gasteiger partial charge in [-0.15, -0.1) is 11.3 Å². The van der Waals surface area contributed by atoms with E-state index in [-0.39, 0.29) is 18.3 Å². The van der Waals surface area contributed by atoms with Crippen molar-refractivity contribution in [2.45, 2.75) is 41.2 Å². The van der Waals surface area contributed by atoms with Crippen molar-refractivity contribution in [3.63, 3.8) is 0 Å². The number of hydrogen-bond acceptors (Lipinski definition) is 6. The number of nitrogens with zero attached hydrogens (tertiary/aromatic N) is 2. The van der Waals surface area contributed by atoms with Crippen LogP contribution in [0, 0.1) is 27.7 Å². The zero-order valence-corrected chi connectivity index (χ0v) is 17.3. The van der Waals surface area contributed by atoms with Crippen molar-refractivity contribution in [2.75, 3.05) is 4.90 Å². The summed E-state index contributed by atoms with van der Waals surface area (Å²) in [5, 5.41) is 2.33. The molecule has 0 aliphatic rings. The minimum atomic E-state index is -0.545. The maximum absolute atomic E-state index is 12.4. The van der Waals surface area contributed by atoms with E-state index in [0.717, 1.165) is 22.4 Å². The van der Waals surface area contributed by atoms with Gasteiger partial charge in [-0.2, -0.15) is 0 Å². The molecule has 3 rings (SSSR count). The second-order valence-corrected chi connectivity index (χ2v) is 7.55. The molecule has 2 heterocycles. The van der Waals surface area contributed by atoms with E-state index < -0.39 is 5.97 Å². The fourth-order valence-corrected chi connectivity index (χ4v) is 3.99. The van der Waals surface area contributed by atoms with Crippen LogP contribution in [0.5, 0.6) is 0 Å². The van der Waals surface area contributed by atoms with Crippen LogP contribution in [-0.4, -0.2) is 16.9 Å². The molecule has 0 aliphatic heterocycles. The molecule has 1 aromatic carbocycles. The number of carbonyl (C=O) groups is 2. The number of hydrogen-bond donors (Lipinski definition) is 0. The van der Waals surface area contributed by atoms with Crippen molar-refractivity contribution >= 4 is 34.0 Å². The molecule has 0 aliphatic carbocycles. The first-order valence-electron chi connectivity index (χ1n) is 8.82. The average molecular weight is 398 g/mol. The molecule has 0 unspecified atom stereocenters. The molecular weight excluding hydrogens is 376 g/mol. The fraction of sp³-hybridized carbons (Fsp3) is 0.286. The quantitative estimate of drug-likeness (QED) is 0.565. The summed E-state index contributed by atoms with van der Waals surface area (Å²) in [7, 11) is 0. The Kier molecular flexibility index (Phi) is 5.65. The van der Waals surface area contributed by atoms with Gasteiger partial charge < -0.3 is 9.15 Å². The summed E-state index contributed by atoms with van der Waals surface area (Å²) >= 11 is 1.33. The van der Waals surface area contributed by atoms with Gasteiger partial charge in [-0.1, -0.05) is 17.7 Å². The molecule has 0 radical (unpaired) electrons. The molecule has 1 amide bonds. The lowest BCUT2D eigenvalue weighted by atomic mass is 10.0. The number of thiazole rings is 1. The predicted molar refractivity (Wildman–Crippen MR) is 108 cm³/mol. The topological polar surface area (TPSA) is 72.6 Å². The maximum Gasteiger partial charge on any atom is 0.374 e. The van der Waals surface area contributed by atoms with Crippen molar-refractivity contribution in [2.24, 2.45) is 0 Å². The first-order valence-corrected chi connectivity index (χ1v) is 9.70. The number of rotatable bonds is 5. The van der Waals surface area contributed by atoms with Crippen molar-refractivity contribution in [1.82, 2.24) is 4.98 Å². The number of aryl methyl sites for hydroxylation is 4. The molecule has 0 saturated heterocycles. The van der Waals surface area contributed by atoms with Crippen LogP contribution in [0.15, 0.2) is 34.1 Å². The van der Waals surface area contributed by atoms with Gasteiger partial charge in [0.15, 0.2) is 5.13 Å². The van der Waals surface area contributed by atoms with Gasteiger partial charge in [0.05, 0.1) is 11.4 Å². The Balaban J connectivity index is 1.81. The Morgan fingerprint density at radius 2 is 1.82 bits per heavy atom. The molecule has 2 aromatic heterocycles. The molecule has 28 heavy (non-hydrogen) atoms. The van der Waals surface area contributed by atoms with E-state index in [9.17, 15) is 9.59 Å². The Morgan fingerprint density at radius 3 is 2.39 bits per heavy atom. The summed E-state index contributed by atoms with van der Waals surface area (Å²) in [5.74, 6) is 0.128. The van der Waals surface area contributed by atoms with Crippen LogP contribution in [0.3, 0.4) is 0 Å². The first-order chi connectivity index (χ1) is 13.3. The van der Waals surface area contributed by atoms with Crippen molar-refractivity contribution in [3.8, 4) is 0 Å². The van der Waals surface area contributed by atoms with Crippen molar-refractivity contribution < 1.29 is 18.7 Å². The molecule has 3 aromatic rings. The van der Waals surface area contributed by atoms with E-state index >= 15 is 0 Å². The Bertz CT molecular complexity index is 1010. The lowest BCUT2D eigenvalue weighted by molar-refractivity contribution is -0.115. The van der Waals surface area contributed by atoms with Gasteiger partial charge >= 0.3 is 5.97 Å². The maximum atomic E-state index is 12.4. The Hall–Kier alpha value is -2.93. The normalized spacial score (nSPS) is 10.8. The smallest absolute Gasteiger partial charge is 0.374 e. The number of benzene rings is 1. The Morgan fingerprint density at radius 1 is 1.14 bits per heavy atom. The third-order valence-electron chi connectivity index (χ3n) is 4.20. The highest BCUT2D eigenvalue weighted by molar-refractivity contribution is 7.14. The number of anilines is 2. The van der Waals surface area contributed by atoms with Crippen LogP contribution in [0.2, 0.25) is 0 Å². The molecule has 0 N–H and O–H groups in total. The van der Waals surface area contributed by atoms with Crippen LogP contribution >= 0.6 is 11.3 Å². The van der Waals surface area contributed by atoms with Crippen LogP contribution < -0.4 is 4.90 Å². The van der Waals surface area contributed by atoms with Gasteiger partial charge in [0, 0.05) is 12.3 Å². The summed E-state index contributed by atoms with van der Waals surface area (Å²) in [6, 6.07) is 7.36. The van der Waals surface area contributed by atoms with Gasteiger partial charge in [0.1, 0.15) is 12.4 Å². The van der Waals surface area contributed by atoms with E-state index in [2.05, 4.69) is 4.98 Å². The van der Waals surface area contributed by atoms with Gasteiger partial charge in [-0.05, 0) is 51.0 Å². The summed E-state index contributed by atoms with van der Waals surface area (Å²) in [6.45, 7) is 9.26. The number of esters is 1. The minimum absolute atomic E-state index is 0.00663. The van der Waals surface area contributed by atoms with Crippen molar-refractivity contribution in [1.29, 1.82) is 0 Å². The van der Waals surface area contributed by atoms with Gasteiger partial charge in [-0.25, -0.2) is 9.78 Å². The van der Waals surface area contributed by atoms with E-state index in [4.69, 9.17) is 9.15 Å². The molecule has 0 spiro atoms. The van der Waals surface area contributed by atoms with E-state index in [1.807, 2.05) is 32.9 Å². The number of aromatic nitrogens is 1. The highest BCUT2D eigenvalue weighted by atomic mass is 32.1. The molecule has 6 nitrogen and oxygen atoms in total. The van der Waals surface area contributed by atoms with Gasteiger partial charge in [-0.3, -0.25) is 9.69 Å². The zero-order chi connectivity index (χ0) is 20.4. The first kappa shape index (κ1) is 19.8. The third kappa shape index (κ3) is 4.14. The average Bonchev–Trinajstić information content (AvgIpc) is 3.24. The minimum Gasteiger partial charge on any atom is -0.454 e. The van der Waals surface area contributed by atoms with E-state index in [1.165, 1.54) is 18.3 Å². The number of carbonyl (C=O) groups excluding carboxylic acids is 2. The van der Waals surface area contributed by atoms with Crippen molar-refractivity contribution in [3.05, 3.63) is 63.6 Å². The highest BCUT2D eigenvalue weighted by Gasteiger charge is 2.22. The zero-order valence-electron chi connectivity index (χ0n) is 16.5. The number of furan rings is 1. The van der Waals surface area contributed by atoms with E-state index in [0.29, 0.717) is 16.6 Å². The van der Waals surface area contributed by atoms with Crippen LogP contribution in [0.1, 0.15) is 45.6 Å². The molecule has 0 saturated carbocycles. The molecular formula is C21H22N2O4S. The molecule has 7 heteroatoms. The standard InChI is InChI=1S/C21H22N2O4S/c1-12-8-13(2)19(14(3)9-12)23(16(5)24)21-22-17(11-28-21)10-26-20(25)18-7-6-15(4)27-18/h6-9,11H,10H2,1-5H3. The van der Waals surface area contributed by atoms with Crippen LogP contribution in [0.4, 0.5) is 10.8 Å². The molecule has 0 atom stereocenters. The van der Waals surface area contributed by atoms with Crippen LogP contribution in [-0.2, 0) is 16.1 Å². The molecule has 0 bridgehead atoms. The molecule has 146 valence electrons. The van der Waals surface area contributed by atoms with Gasteiger partial charge in [0.25, 0.3) is 0 Å². The molecule has 0 fully saturated rings. The van der Waals surface area contributed by atoms with Gasteiger partial charge in [0.2, 0.25) is 11.7 Å². The second kappa shape index (κ2) is 7.98. The second-order valence-electron chi connectivity index (χ2n) is 6.71.